The van der Waals surface area contributed by atoms with Crippen LogP contribution in [-0.2, 0) is 0 Å². The van der Waals surface area contributed by atoms with Crippen molar-refractivity contribution in [3.63, 3.8) is 0 Å². The van der Waals surface area contributed by atoms with E-state index in [0.29, 0.717) is 4.83 Å². The van der Waals surface area contributed by atoms with E-state index in [1.165, 1.54) is 29.2 Å². The third-order valence-corrected chi connectivity index (χ3v) is 3.58. The Bertz CT molecular complexity index is 495. The molecule has 0 aliphatic rings. The van der Waals surface area contributed by atoms with E-state index < -0.39 is 5.97 Å². The number of nitrogens with zero attached hydrogens (tertiary/aromatic N) is 2. The molecular formula is C8H6N2O2S2. The third-order valence-electron chi connectivity index (χ3n) is 1.63. The van der Waals surface area contributed by atoms with Gasteiger partial charge in [0, 0.05) is 0 Å². The standard InChI is InChI=1S/C8H6N2O2S2/c1-13-8-10-4-2-3-5(7(11)12)9-6(4)14-8/h2-3H,1H3,(H,11,12). The van der Waals surface area contributed by atoms with Gasteiger partial charge in [-0.3, -0.25) is 0 Å². The summed E-state index contributed by atoms with van der Waals surface area (Å²) in [5.74, 6) is -1.01. The number of hydrogen-bond acceptors (Lipinski definition) is 5. The molecule has 0 aliphatic carbocycles. The fourth-order valence-electron chi connectivity index (χ4n) is 1.00. The molecule has 0 bridgehead atoms. The number of aromatic nitrogens is 2. The van der Waals surface area contributed by atoms with Gasteiger partial charge in [0.25, 0.3) is 0 Å². The summed E-state index contributed by atoms with van der Waals surface area (Å²) in [5.41, 5.74) is 0.818. The highest BCUT2D eigenvalue weighted by Gasteiger charge is 2.08. The van der Waals surface area contributed by atoms with Crippen LogP contribution in [0.5, 0.6) is 0 Å². The lowest BCUT2D eigenvalue weighted by Gasteiger charge is -1.90. The van der Waals surface area contributed by atoms with Crippen LogP contribution in [0.2, 0.25) is 0 Å². The van der Waals surface area contributed by atoms with Crippen molar-refractivity contribution in [1.29, 1.82) is 0 Å². The molecule has 2 aromatic rings. The van der Waals surface area contributed by atoms with Crippen molar-refractivity contribution in [2.75, 3.05) is 6.26 Å². The Hall–Kier alpha value is -1.14. The second kappa shape index (κ2) is 3.55. The minimum atomic E-state index is -1.01. The van der Waals surface area contributed by atoms with E-state index in [9.17, 15) is 4.79 Å². The quantitative estimate of drug-likeness (QED) is 0.794. The molecule has 4 nitrogen and oxygen atoms in total. The summed E-state index contributed by atoms with van der Waals surface area (Å²) in [6, 6.07) is 3.15. The predicted octanol–water partition coefficient (Wildman–Crippen LogP) is 2.11. The summed E-state index contributed by atoms with van der Waals surface area (Å²) in [6.45, 7) is 0. The normalized spacial score (nSPS) is 10.6. The molecule has 2 heterocycles. The van der Waals surface area contributed by atoms with Crippen LogP contribution in [0.1, 0.15) is 10.5 Å². The molecule has 0 amide bonds. The zero-order chi connectivity index (χ0) is 10.1. The maximum Gasteiger partial charge on any atom is 0.354 e. The van der Waals surface area contributed by atoms with Crippen LogP contribution in [0.4, 0.5) is 0 Å². The third kappa shape index (κ3) is 1.58. The van der Waals surface area contributed by atoms with Crippen molar-refractivity contribution in [3.8, 4) is 0 Å². The zero-order valence-corrected chi connectivity index (χ0v) is 8.85. The molecule has 0 fully saturated rings. The van der Waals surface area contributed by atoms with Gasteiger partial charge in [0.05, 0.1) is 0 Å². The molecule has 0 spiro atoms. The highest BCUT2D eigenvalue weighted by Crippen LogP contribution is 2.26. The monoisotopic (exact) mass is 226 g/mol. The average Bonchev–Trinajstić information content (AvgIpc) is 2.58. The number of aromatic carboxylic acids is 1. The van der Waals surface area contributed by atoms with E-state index in [4.69, 9.17) is 5.11 Å². The Balaban J connectivity index is 2.59. The first-order valence-corrected chi connectivity index (χ1v) is 5.79. The molecule has 0 unspecified atom stereocenters. The van der Waals surface area contributed by atoms with Crippen LogP contribution < -0.4 is 0 Å². The SMILES string of the molecule is CSc1nc2ccc(C(=O)O)nc2s1. The van der Waals surface area contributed by atoms with E-state index in [0.717, 1.165) is 9.86 Å². The van der Waals surface area contributed by atoms with Crippen molar-refractivity contribution >= 4 is 39.4 Å². The number of thioether (sulfide) groups is 1. The largest absolute Gasteiger partial charge is 0.477 e. The second-order valence-electron chi connectivity index (χ2n) is 2.51. The Morgan fingerprint density at radius 1 is 1.50 bits per heavy atom. The number of rotatable bonds is 2. The lowest BCUT2D eigenvalue weighted by Crippen LogP contribution is -1.98. The van der Waals surface area contributed by atoms with Gasteiger partial charge in [-0.1, -0.05) is 23.1 Å². The van der Waals surface area contributed by atoms with E-state index in [1.54, 1.807) is 6.07 Å². The second-order valence-corrected chi connectivity index (χ2v) is 4.54. The summed E-state index contributed by atoms with van der Waals surface area (Å²) in [6.07, 6.45) is 1.93. The van der Waals surface area contributed by atoms with Crippen LogP contribution in [0.15, 0.2) is 16.5 Å². The lowest BCUT2D eigenvalue weighted by molar-refractivity contribution is 0.0691. The molecule has 0 atom stereocenters. The fraction of sp³-hybridized carbons (Fsp3) is 0.125. The smallest absolute Gasteiger partial charge is 0.354 e. The van der Waals surface area contributed by atoms with Gasteiger partial charge in [0.2, 0.25) is 0 Å². The minimum Gasteiger partial charge on any atom is -0.477 e. The Morgan fingerprint density at radius 2 is 2.29 bits per heavy atom. The summed E-state index contributed by atoms with van der Waals surface area (Å²) in [7, 11) is 0. The Morgan fingerprint density at radius 3 is 2.93 bits per heavy atom. The number of carboxylic acids is 1. The maximum atomic E-state index is 10.6. The van der Waals surface area contributed by atoms with Crippen molar-refractivity contribution in [1.82, 2.24) is 9.97 Å². The molecule has 72 valence electrons. The molecule has 0 radical (unpaired) electrons. The van der Waals surface area contributed by atoms with Crippen LogP contribution in [0.3, 0.4) is 0 Å². The molecular weight excluding hydrogens is 220 g/mol. The number of carbonyl (C=O) groups is 1. The number of thiazole rings is 1. The molecule has 1 N–H and O–H groups in total. The van der Waals surface area contributed by atoms with Gasteiger partial charge >= 0.3 is 5.97 Å². The van der Waals surface area contributed by atoms with Crippen molar-refractivity contribution in [2.45, 2.75) is 4.34 Å². The molecule has 2 aromatic heterocycles. The number of hydrogen-bond donors (Lipinski definition) is 1. The Kier molecular flexibility index (Phi) is 2.39. The number of pyridine rings is 1. The van der Waals surface area contributed by atoms with Crippen molar-refractivity contribution in [3.05, 3.63) is 17.8 Å². The molecule has 0 aliphatic heterocycles. The van der Waals surface area contributed by atoms with Crippen LogP contribution in [0.25, 0.3) is 10.3 Å². The highest BCUT2D eigenvalue weighted by atomic mass is 32.2. The van der Waals surface area contributed by atoms with Gasteiger partial charge in [0.15, 0.2) is 4.34 Å². The first-order chi connectivity index (χ1) is 6.70. The zero-order valence-electron chi connectivity index (χ0n) is 7.22. The molecule has 2 rings (SSSR count). The fourth-order valence-corrected chi connectivity index (χ4v) is 2.43. The van der Waals surface area contributed by atoms with E-state index >= 15 is 0 Å². The molecule has 0 aromatic carbocycles. The van der Waals surface area contributed by atoms with Crippen LogP contribution in [-0.4, -0.2) is 27.3 Å². The van der Waals surface area contributed by atoms with E-state index in [2.05, 4.69) is 9.97 Å². The van der Waals surface area contributed by atoms with Gasteiger partial charge in [0.1, 0.15) is 16.0 Å². The van der Waals surface area contributed by atoms with E-state index in [-0.39, 0.29) is 5.69 Å². The Labute approximate surface area is 88.0 Å². The minimum absolute atomic E-state index is 0.0637. The van der Waals surface area contributed by atoms with Gasteiger partial charge in [-0.15, -0.1) is 0 Å². The average molecular weight is 226 g/mol. The summed E-state index contributed by atoms with van der Waals surface area (Å²) in [4.78, 5) is 19.6. The molecule has 14 heavy (non-hydrogen) atoms. The summed E-state index contributed by atoms with van der Waals surface area (Å²) < 4.78 is 0.898. The van der Waals surface area contributed by atoms with Gasteiger partial charge < -0.3 is 5.11 Å². The first-order valence-electron chi connectivity index (χ1n) is 3.75. The predicted molar refractivity (Wildman–Crippen MR) is 56.2 cm³/mol. The van der Waals surface area contributed by atoms with E-state index in [1.807, 2.05) is 6.26 Å². The first kappa shape index (κ1) is 9.42. The molecule has 6 heteroatoms. The van der Waals surface area contributed by atoms with Gasteiger partial charge in [-0.25, -0.2) is 14.8 Å². The van der Waals surface area contributed by atoms with Crippen LogP contribution in [0, 0.1) is 0 Å². The molecule has 0 saturated heterocycles. The lowest BCUT2D eigenvalue weighted by atomic mass is 10.3. The van der Waals surface area contributed by atoms with Crippen LogP contribution >= 0.6 is 23.1 Å². The maximum absolute atomic E-state index is 10.6. The number of carboxylic acid groups (broad SMARTS) is 1. The van der Waals surface area contributed by atoms with Crippen molar-refractivity contribution in [2.24, 2.45) is 0 Å². The summed E-state index contributed by atoms with van der Waals surface area (Å²) in [5, 5.41) is 8.72. The topological polar surface area (TPSA) is 63.1 Å². The van der Waals surface area contributed by atoms with Gasteiger partial charge in [-0.05, 0) is 18.4 Å². The highest BCUT2D eigenvalue weighted by molar-refractivity contribution is 8.00. The summed E-state index contributed by atoms with van der Waals surface area (Å²) >= 11 is 2.94. The van der Waals surface area contributed by atoms with Crippen molar-refractivity contribution < 1.29 is 9.90 Å². The van der Waals surface area contributed by atoms with Gasteiger partial charge in [-0.2, -0.15) is 0 Å². The molecule has 0 saturated carbocycles. The number of fused-ring (bicyclic) bond motifs is 1.